The Morgan fingerprint density at radius 2 is 2.20 bits per heavy atom. The minimum Gasteiger partial charge on any atom is -0.378 e. The van der Waals surface area contributed by atoms with Crippen molar-refractivity contribution in [1.82, 2.24) is 0 Å². The van der Waals surface area contributed by atoms with Crippen LogP contribution in [0.5, 0.6) is 0 Å². The van der Waals surface area contributed by atoms with Gasteiger partial charge < -0.3 is 18.5 Å². The first-order valence-corrected chi connectivity index (χ1v) is 8.99. The summed E-state index contributed by atoms with van der Waals surface area (Å²) in [6.07, 6.45) is 0.918. The number of ether oxygens (including phenoxy) is 2. The van der Waals surface area contributed by atoms with Gasteiger partial charge in [0, 0.05) is 21.0 Å². The highest BCUT2D eigenvalue weighted by atomic mass is 31.2. The summed E-state index contributed by atoms with van der Waals surface area (Å²) in [5.41, 5.74) is 0. The molecule has 0 bridgehead atoms. The lowest BCUT2D eigenvalue weighted by Crippen LogP contribution is -2.33. The molecule has 0 aromatic heterocycles. The monoisotopic (exact) mass is 309 g/mol. The zero-order chi connectivity index (χ0) is 16.6. The van der Waals surface area contributed by atoms with Crippen molar-refractivity contribution in [2.75, 3.05) is 25.9 Å². The van der Waals surface area contributed by atoms with Crippen molar-refractivity contribution >= 4 is 7.60 Å². The van der Waals surface area contributed by atoms with Crippen LogP contribution in [0.1, 0.15) is 37.2 Å². The molecule has 3 fully saturated rings. The summed E-state index contributed by atoms with van der Waals surface area (Å²) < 4.78 is 58.0. The van der Waals surface area contributed by atoms with Crippen molar-refractivity contribution in [3.63, 3.8) is 0 Å². The van der Waals surface area contributed by atoms with Crippen molar-refractivity contribution in [3.05, 3.63) is 0 Å². The molecular weight excluding hydrogens is 279 g/mol. The Morgan fingerprint density at radius 3 is 2.95 bits per heavy atom. The molecule has 20 heavy (non-hydrogen) atoms. The Labute approximate surface area is 125 Å². The molecule has 0 aromatic rings. The molecule has 8 atom stereocenters. The second kappa shape index (κ2) is 6.05. The van der Waals surface area contributed by atoms with Gasteiger partial charge in [-0.05, 0) is 31.6 Å². The predicted molar refractivity (Wildman–Crippen MR) is 75.0 cm³/mol. The van der Waals surface area contributed by atoms with E-state index < -0.39 is 33.0 Å². The lowest BCUT2D eigenvalue weighted by atomic mass is 9.91. The van der Waals surface area contributed by atoms with Gasteiger partial charge in [-0.3, -0.25) is 4.57 Å². The molecule has 0 aromatic carbocycles. The van der Waals surface area contributed by atoms with Crippen LogP contribution >= 0.6 is 7.60 Å². The van der Waals surface area contributed by atoms with E-state index in [1.165, 1.54) is 0 Å². The number of hydrogen-bond acceptors (Lipinski definition) is 5. The third kappa shape index (κ3) is 3.12. The van der Waals surface area contributed by atoms with Crippen LogP contribution < -0.4 is 0 Å². The van der Waals surface area contributed by atoms with Gasteiger partial charge in [0.05, 0.1) is 33.8 Å². The molecular formula is C14H25O5P. The molecule has 0 spiro atoms. The lowest BCUT2D eigenvalue weighted by Gasteiger charge is -2.34. The van der Waals surface area contributed by atoms with Crippen LogP contribution in [0.2, 0.25) is 0 Å². The Morgan fingerprint density at radius 1 is 1.35 bits per heavy atom. The minimum absolute atomic E-state index is 0.0211. The first-order chi connectivity index (χ1) is 10.9. The van der Waals surface area contributed by atoms with Gasteiger partial charge in [0.1, 0.15) is 0 Å². The van der Waals surface area contributed by atoms with Gasteiger partial charge in [-0.1, -0.05) is 6.92 Å². The fourth-order valence-electron chi connectivity index (χ4n) is 3.11. The normalized spacial score (nSPS) is 59.0. The first kappa shape index (κ1) is 11.6. The van der Waals surface area contributed by atoms with E-state index >= 15 is 0 Å². The average Bonchev–Trinajstić information content (AvgIpc) is 3.00. The van der Waals surface area contributed by atoms with Crippen molar-refractivity contribution in [2.45, 2.75) is 51.4 Å². The molecule has 0 radical (unpaired) electrons. The molecule has 116 valence electrons. The first-order valence-electron chi connectivity index (χ1n) is 9.13. The van der Waals surface area contributed by atoms with Crippen LogP contribution in [0.15, 0.2) is 0 Å². The Hall–Kier alpha value is 0.0700. The van der Waals surface area contributed by atoms with E-state index in [9.17, 15) is 4.57 Å². The summed E-state index contributed by atoms with van der Waals surface area (Å²) in [7, 11) is -3.28. The topological polar surface area (TPSA) is 54.0 Å². The SMILES string of the molecule is [2H]C[C@H]1O[C@@H]([3H])C[C@@H]1O[P@]1(=O)C[C@@H]([C@H]2O[C@@H]([3H])C[C@@H]2C)CCO1. The van der Waals surface area contributed by atoms with E-state index in [0.717, 1.165) is 6.42 Å². The summed E-state index contributed by atoms with van der Waals surface area (Å²) >= 11 is 0. The van der Waals surface area contributed by atoms with E-state index in [2.05, 4.69) is 6.92 Å². The molecule has 0 amide bonds. The van der Waals surface area contributed by atoms with Crippen LogP contribution in [0, 0.1) is 11.8 Å². The summed E-state index contributed by atoms with van der Waals surface area (Å²) in [6, 6.07) is 0. The van der Waals surface area contributed by atoms with E-state index in [1.54, 1.807) is 0 Å². The summed E-state index contributed by atoms with van der Waals surface area (Å²) in [5.74, 6) is 0.325. The Kier molecular flexibility index (Phi) is 3.52. The van der Waals surface area contributed by atoms with Crippen LogP contribution in [-0.2, 0) is 23.1 Å². The quantitative estimate of drug-likeness (QED) is 0.750. The van der Waals surface area contributed by atoms with Gasteiger partial charge >= 0.3 is 7.60 Å². The van der Waals surface area contributed by atoms with Gasteiger partial charge in [0.15, 0.2) is 0 Å². The van der Waals surface area contributed by atoms with Crippen LogP contribution in [0.3, 0.4) is 0 Å². The summed E-state index contributed by atoms with van der Waals surface area (Å²) in [5, 5.41) is 0. The van der Waals surface area contributed by atoms with Crippen molar-refractivity contribution in [1.29, 1.82) is 0 Å². The molecule has 5 nitrogen and oxygen atoms in total. The van der Waals surface area contributed by atoms with E-state index in [-0.39, 0.29) is 31.0 Å². The van der Waals surface area contributed by atoms with Crippen molar-refractivity contribution in [2.24, 2.45) is 11.8 Å². The van der Waals surface area contributed by atoms with Crippen LogP contribution in [0.4, 0.5) is 0 Å². The van der Waals surface area contributed by atoms with Crippen LogP contribution in [-0.4, -0.2) is 44.2 Å². The van der Waals surface area contributed by atoms with Gasteiger partial charge in [-0.15, -0.1) is 0 Å². The summed E-state index contributed by atoms with van der Waals surface area (Å²) in [6.45, 7) is 1.15. The fraction of sp³-hybridized carbons (Fsp3) is 1.00. The zero-order valence-electron chi connectivity index (χ0n) is 14.8. The van der Waals surface area contributed by atoms with Gasteiger partial charge in [0.25, 0.3) is 0 Å². The predicted octanol–water partition coefficient (Wildman–Crippen LogP) is 2.84. The molecule has 3 aliphatic heterocycles. The average molecular weight is 309 g/mol. The smallest absolute Gasteiger partial charge is 0.331 e. The molecule has 3 rings (SSSR count). The van der Waals surface area contributed by atoms with Crippen LogP contribution in [0.25, 0.3) is 0 Å². The second-order valence-corrected chi connectivity index (χ2v) is 7.93. The van der Waals surface area contributed by atoms with E-state index in [4.69, 9.17) is 22.6 Å². The number of rotatable bonds is 3. The third-order valence-corrected chi connectivity index (χ3v) is 6.38. The van der Waals surface area contributed by atoms with E-state index in [0.29, 0.717) is 19.4 Å². The fourth-order valence-corrected chi connectivity index (χ4v) is 5.34. The largest absolute Gasteiger partial charge is 0.378 e. The van der Waals surface area contributed by atoms with Gasteiger partial charge in [-0.25, -0.2) is 0 Å². The maximum absolute atomic E-state index is 13.0. The molecule has 3 aliphatic rings. The Bertz CT molecular complexity index is 468. The minimum atomic E-state index is -3.28. The molecule has 0 unspecified atom stereocenters. The highest BCUT2D eigenvalue weighted by molar-refractivity contribution is 7.53. The zero-order valence-corrected chi connectivity index (χ0v) is 12.7. The maximum Gasteiger partial charge on any atom is 0.331 e. The third-order valence-electron chi connectivity index (χ3n) is 4.29. The standard InChI is InChI=1S/C14H25O5P/c1-10-3-6-17-14(10)12-4-8-18-20(15,9-12)19-13-5-7-16-11(13)2/h10-14H,3-9H2,1-2H3/t10-,11+,12-,13-,14-,20-/m0/s1/i2D,6T,7T/t6-,7-,10-,11+,12-,13-,14-,20-. The van der Waals surface area contributed by atoms with Crippen molar-refractivity contribution < 1.29 is 27.2 Å². The maximum atomic E-state index is 13.0. The molecule has 3 saturated heterocycles. The summed E-state index contributed by atoms with van der Waals surface area (Å²) in [4.78, 5) is 0. The molecule has 0 N–H and O–H groups in total. The lowest BCUT2D eigenvalue weighted by molar-refractivity contribution is 0.0207. The highest BCUT2D eigenvalue weighted by Gasteiger charge is 2.43. The molecule has 0 aliphatic carbocycles. The second-order valence-electron chi connectivity index (χ2n) is 5.88. The Balaban J connectivity index is 1.64. The van der Waals surface area contributed by atoms with Gasteiger partial charge in [-0.2, -0.15) is 0 Å². The molecule has 0 saturated carbocycles. The van der Waals surface area contributed by atoms with E-state index in [1.807, 2.05) is 0 Å². The molecule has 6 heteroatoms. The van der Waals surface area contributed by atoms with Gasteiger partial charge in [0.2, 0.25) is 0 Å². The highest BCUT2D eigenvalue weighted by Crippen LogP contribution is 2.56. The molecule has 3 heterocycles. The number of hydrogen-bond donors (Lipinski definition) is 0. The van der Waals surface area contributed by atoms with Crippen molar-refractivity contribution in [3.8, 4) is 0 Å².